The lowest BCUT2D eigenvalue weighted by Crippen LogP contribution is -2.26. The van der Waals surface area contributed by atoms with Crippen molar-refractivity contribution in [1.29, 1.82) is 0 Å². The van der Waals surface area contributed by atoms with E-state index in [0.29, 0.717) is 0 Å². The molecule has 0 bridgehead atoms. The Hall–Kier alpha value is -0.680. The normalized spacial score (nSPS) is 12.2. The van der Waals surface area contributed by atoms with E-state index in [1.54, 1.807) is 22.7 Å². The summed E-state index contributed by atoms with van der Waals surface area (Å²) in [6.45, 7) is 1.07. The van der Waals surface area contributed by atoms with Gasteiger partial charge in [0.05, 0.1) is 0 Å². The van der Waals surface area contributed by atoms with Crippen molar-refractivity contribution in [3.63, 3.8) is 0 Å². The van der Waals surface area contributed by atoms with Crippen LogP contribution in [0.15, 0.2) is 33.7 Å². The van der Waals surface area contributed by atoms with Gasteiger partial charge in [-0.15, -0.1) is 0 Å². The van der Waals surface area contributed by atoms with E-state index < -0.39 is 5.60 Å². The van der Waals surface area contributed by atoms with Crippen molar-refractivity contribution in [2.24, 2.45) is 0 Å². The molecule has 2 aromatic rings. The molecule has 2 aromatic heterocycles. The fraction of sp³-hybridized carbons (Fsp3) is 0.467. The van der Waals surface area contributed by atoms with Gasteiger partial charge in [-0.1, -0.05) is 0 Å². The standard InChI is InChI=1S/C15H21NOS2/c1-16(2)8-4-3-7-15(17,13-5-9-18-11-13)14-6-10-19-12-14/h5-6,9-12,17H,3-4,7-8H2,1-2H3. The zero-order chi connectivity index (χ0) is 13.7. The van der Waals surface area contributed by atoms with Crippen LogP contribution in [0.5, 0.6) is 0 Å². The molecular weight excluding hydrogens is 274 g/mol. The highest BCUT2D eigenvalue weighted by molar-refractivity contribution is 7.08. The molecule has 0 saturated carbocycles. The first-order valence-corrected chi connectivity index (χ1v) is 8.44. The highest BCUT2D eigenvalue weighted by Crippen LogP contribution is 2.36. The van der Waals surface area contributed by atoms with Gasteiger partial charge in [-0.25, -0.2) is 0 Å². The summed E-state index contributed by atoms with van der Waals surface area (Å²) in [5.41, 5.74) is 1.24. The molecule has 0 amide bonds. The van der Waals surface area contributed by atoms with Crippen LogP contribution in [0, 0.1) is 0 Å². The lowest BCUT2D eigenvalue weighted by Gasteiger charge is -2.27. The van der Waals surface area contributed by atoms with Crippen LogP contribution in [0.1, 0.15) is 30.4 Å². The molecule has 0 radical (unpaired) electrons. The summed E-state index contributed by atoms with van der Waals surface area (Å²) >= 11 is 3.29. The average molecular weight is 295 g/mol. The molecule has 0 aliphatic rings. The van der Waals surface area contributed by atoms with Crippen molar-refractivity contribution in [2.75, 3.05) is 20.6 Å². The lowest BCUT2D eigenvalue weighted by atomic mass is 9.85. The summed E-state index contributed by atoms with van der Waals surface area (Å²) in [6, 6.07) is 4.07. The first kappa shape index (κ1) is 14.7. The van der Waals surface area contributed by atoms with E-state index in [1.807, 2.05) is 22.9 Å². The van der Waals surface area contributed by atoms with Gasteiger partial charge in [0.2, 0.25) is 0 Å². The Balaban J connectivity index is 2.08. The van der Waals surface area contributed by atoms with Gasteiger partial charge < -0.3 is 10.0 Å². The topological polar surface area (TPSA) is 23.5 Å². The summed E-state index contributed by atoms with van der Waals surface area (Å²) in [7, 11) is 4.17. The molecular formula is C15H21NOS2. The van der Waals surface area contributed by atoms with Gasteiger partial charge in [-0.2, -0.15) is 22.7 Å². The summed E-state index contributed by atoms with van der Waals surface area (Å²) < 4.78 is 0. The van der Waals surface area contributed by atoms with Crippen LogP contribution in [-0.4, -0.2) is 30.6 Å². The van der Waals surface area contributed by atoms with Gasteiger partial charge in [0.25, 0.3) is 0 Å². The van der Waals surface area contributed by atoms with Crippen molar-refractivity contribution < 1.29 is 5.11 Å². The first-order valence-electron chi connectivity index (χ1n) is 6.55. The van der Waals surface area contributed by atoms with Crippen molar-refractivity contribution in [3.8, 4) is 0 Å². The van der Waals surface area contributed by atoms with Gasteiger partial charge >= 0.3 is 0 Å². The Morgan fingerprint density at radius 1 is 1.05 bits per heavy atom. The molecule has 0 atom stereocenters. The maximum Gasteiger partial charge on any atom is 0.116 e. The van der Waals surface area contributed by atoms with Crippen molar-refractivity contribution in [1.82, 2.24) is 4.90 Å². The fourth-order valence-corrected chi connectivity index (χ4v) is 3.71. The van der Waals surface area contributed by atoms with E-state index in [-0.39, 0.29) is 0 Å². The summed E-state index contributed by atoms with van der Waals surface area (Å²) in [5, 5.41) is 19.3. The van der Waals surface area contributed by atoms with Crippen LogP contribution in [0.4, 0.5) is 0 Å². The Morgan fingerprint density at radius 2 is 1.63 bits per heavy atom. The third-order valence-corrected chi connectivity index (χ3v) is 4.76. The molecule has 0 unspecified atom stereocenters. The monoisotopic (exact) mass is 295 g/mol. The van der Waals surface area contributed by atoms with Gasteiger partial charge in [0, 0.05) is 0 Å². The van der Waals surface area contributed by atoms with Crippen LogP contribution in [0.25, 0.3) is 0 Å². The van der Waals surface area contributed by atoms with Gasteiger partial charge in [0.1, 0.15) is 5.60 Å². The number of aliphatic hydroxyl groups is 1. The van der Waals surface area contributed by atoms with Gasteiger partial charge in [0.15, 0.2) is 0 Å². The van der Waals surface area contributed by atoms with E-state index in [9.17, 15) is 5.11 Å². The SMILES string of the molecule is CN(C)CCCCC(O)(c1ccsc1)c1ccsc1. The third-order valence-electron chi connectivity index (χ3n) is 3.39. The molecule has 19 heavy (non-hydrogen) atoms. The van der Waals surface area contributed by atoms with Crippen molar-refractivity contribution in [3.05, 3.63) is 44.8 Å². The minimum atomic E-state index is -0.813. The molecule has 0 aliphatic carbocycles. The van der Waals surface area contributed by atoms with Crippen LogP contribution >= 0.6 is 22.7 Å². The number of nitrogens with zero attached hydrogens (tertiary/aromatic N) is 1. The Labute approximate surface area is 123 Å². The van der Waals surface area contributed by atoms with Gasteiger partial charge in [-0.05, 0) is 84.7 Å². The van der Waals surface area contributed by atoms with Crippen LogP contribution in [0.2, 0.25) is 0 Å². The summed E-state index contributed by atoms with van der Waals surface area (Å²) in [4.78, 5) is 2.19. The molecule has 1 N–H and O–H groups in total. The minimum Gasteiger partial charge on any atom is -0.380 e. The maximum absolute atomic E-state index is 11.1. The number of hydrogen-bond donors (Lipinski definition) is 1. The fourth-order valence-electron chi connectivity index (χ4n) is 2.26. The first-order chi connectivity index (χ1) is 9.13. The molecule has 2 nitrogen and oxygen atoms in total. The predicted molar refractivity (Wildman–Crippen MR) is 84.0 cm³/mol. The molecule has 0 spiro atoms. The highest BCUT2D eigenvalue weighted by Gasteiger charge is 2.31. The number of rotatable bonds is 7. The van der Waals surface area contributed by atoms with Gasteiger partial charge in [-0.3, -0.25) is 0 Å². The smallest absolute Gasteiger partial charge is 0.116 e. The zero-order valence-corrected chi connectivity index (χ0v) is 13.1. The molecule has 0 fully saturated rings. The molecule has 0 aliphatic heterocycles. The third kappa shape index (κ3) is 3.66. The lowest BCUT2D eigenvalue weighted by molar-refractivity contribution is 0.0683. The van der Waals surface area contributed by atoms with Crippen LogP contribution < -0.4 is 0 Å². The Kier molecular flexibility index (Phi) is 5.16. The summed E-state index contributed by atoms with van der Waals surface area (Å²) in [5.74, 6) is 0. The molecule has 4 heteroatoms. The summed E-state index contributed by atoms with van der Waals surface area (Å²) in [6.07, 6.45) is 2.93. The van der Waals surface area contributed by atoms with E-state index in [1.165, 1.54) is 0 Å². The zero-order valence-electron chi connectivity index (χ0n) is 11.5. The van der Waals surface area contributed by atoms with E-state index in [0.717, 1.165) is 36.9 Å². The number of thiophene rings is 2. The largest absolute Gasteiger partial charge is 0.380 e. The van der Waals surface area contributed by atoms with Crippen molar-refractivity contribution in [2.45, 2.75) is 24.9 Å². The van der Waals surface area contributed by atoms with Crippen molar-refractivity contribution >= 4 is 22.7 Å². The highest BCUT2D eigenvalue weighted by atomic mass is 32.1. The predicted octanol–water partition coefficient (Wildman–Crippen LogP) is 3.78. The molecule has 0 saturated heterocycles. The maximum atomic E-state index is 11.1. The quantitative estimate of drug-likeness (QED) is 0.786. The molecule has 0 aromatic carbocycles. The number of hydrogen-bond acceptors (Lipinski definition) is 4. The van der Waals surface area contributed by atoms with Crippen LogP contribution in [-0.2, 0) is 5.60 Å². The van der Waals surface area contributed by atoms with E-state index in [4.69, 9.17) is 0 Å². The second kappa shape index (κ2) is 6.66. The molecule has 2 rings (SSSR count). The molecule has 104 valence electrons. The Morgan fingerprint density at radius 3 is 2.05 bits per heavy atom. The number of unbranched alkanes of at least 4 members (excludes halogenated alkanes) is 1. The minimum absolute atomic E-state index is 0.786. The second-order valence-electron chi connectivity index (χ2n) is 5.14. The second-order valence-corrected chi connectivity index (χ2v) is 6.70. The van der Waals surface area contributed by atoms with E-state index >= 15 is 0 Å². The van der Waals surface area contributed by atoms with Crippen LogP contribution in [0.3, 0.4) is 0 Å². The Bertz CT molecular complexity index is 428. The average Bonchev–Trinajstić information content (AvgIpc) is 3.05. The van der Waals surface area contributed by atoms with E-state index in [2.05, 4.69) is 29.8 Å². The molecule has 2 heterocycles.